The molecule has 0 atom stereocenters. The molecule has 0 N–H and O–H groups in total. The zero-order valence-electron chi connectivity index (χ0n) is 34.6. The topological polar surface area (TPSA) is 41.9 Å². The lowest BCUT2D eigenvalue weighted by molar-refractivity contribution is 1.08. The number of thiophene rings is 1. The second kappa shape index (κ2) is 12.2. The summed E-state index contributed by atoms with van der Waals surface area (Å²) in [6, 6.07) is 50.5. The number of anilines is 3. The summed E-state index contributed by atoms with van der Waals surface area (Å²) in [5.41, 5.74) is 6.86. The third-order valence-corrected chi connectivity index (χ3v) is 12.1. The van der Waals surface area contributed by atoms with E-state index in [1.54, 1.807) is 11.3 Å². The van der Waals surface area contributed by atoms with E-state index in [0.717, 1.165) is 65.2 Å². The van der Waals surface area contributed by atoms with Gasteiger partial charge in [-0.3, -0.25) is 0 Å². The average Bonchev–Trinajstić information content (AvgIpc) is 3.68. The van der Waals surface area contributed by atoms with Crippen LogP contribution >= 0.6 is 11.3 Å². The quantitative estimate of drug-likeness (QED) is 0.180. The fourth-order valence-electron chi connectivity index (χ4n) is 8.45. The van der Waals surface area contributed by atoms with Crippen molar-refractivity contribution in [2.75, 3.05) is 4.90 Å². The standard InChI is InChI=1S/C51H30N4S/c1-2-13-33(14-3-1)49-52-50(34-25-26-39-38-20-8-9-23-45(38)56-46(39)30-34)54-51(53-49)42-28-29-43(37-19-7-6-18-36(37)42)55-44-22-11-16-32-15-10-21-40(47(32)44)41-27-24-31-12-4-5-17-35(31)48(41)55/h1-30H/i1D,2D,3D,13D,14D. The van der Waals surface area contributed by atoms with Crippen molar-refractivity contribution in [2.45, 2.75) is 0 Å². The zero-order chi connectivity index (χ0) is 41.1. The number of benzene rings is 9. The lowest BCUT2D eigenvalue weighted by Gasteiger charge is -2.35. The summed E-state index contributed by atoms with van der Waals surface area (Å²) in [6.45, 7) is 0. The van der Waals surface area contributed by atoms with Gasteiger partial charge >= 0.3 is 0 Å². The number of hydrogen-bond acceptors (Lipinski definition) is 5. The minimum atomic E-state index is -0.476. The minimum absolute atomic E-state index is 0.00121. The highest BCUT2D eigenvalue weighted by molar-refractivity contribution is 7.25. The highest BCUT2D eigenvalue weighted by atomic mass is 32.1. The van der Waals surface area contributed by atoms with Crippen LogP contribution in [0.1, 0.15) is 6.85 Å². The molecule has 0 saturated carbocycles. The Morgan fingerprint density at radius 1 is 0.429 bits per heavy atom. The van der Waals surface area contributed by atoms with Crippen molar-refractivity contribution < 1.29 is 6.85 Å². The van der Waals surface area contributed by atoms with Crippen LogP contribution in [0.15, 0.2) is 182 Å². The Balaban J connectivity index is 1.12. The van der Waals surface area contributed by atoms with Gasteiger partial charge in [0.05, 0.1) is 23.9 Å². The van der Waals surface area contributed by atoms with Gasteiger partial charge in [-0.05, 0) is 52.1 Å². The molecule has 0 amide bonds. The molecule has 1 aliphatic rings. The van der Waals surface area contributed by atoms with Gasteiger partial charge in [0.2, 0.25) is 0 Å². The van der Waals surface area contributed by atoms with Gasteiger partial charge in [0, 0.05) is 58.6 Å². The van der Waals surface area contributed by atoms with Crippen LogP contribution in [0.5, 0.6) is 0 Å². The van der Waals surface area contributed by atoms with Crippen molar-refractivity contribution in [2.24, 2.45) is 0 Å². The Morgan fingerprint density at radius 2 is 1.11 bits per heavy atom. The maximum absolute atomic E-state index is 8.90. The van der Waals surface area contributed by atoms with Crippen LogP contribution in [0.3, 0.4) is 0 Å². The molecule has 9 aromatic carbocycles. The van der Waals surface area contributed by atoms with Crippen molar-refractivity contribution >= 4 is 80.9 Å². The molecule has 0 spiro atoms. The first-order valence-electron chi connectivity index (χ1n) is 21.0. The van der Waals surface area contributed by atoms with Crippen molar-refractivity contribution in [1.82, 2.24) is 15.0 Å². The van der Waals surface area contributed by atoms with E-state index in [0.29, 0.717) is 17.2 Å². The summed E-state index contributed by atoms with van der Waals surface area (Å²) in [5, 5.41) is 8.77. The summed E-state index contributed by atoms with van der Waals surface area (Å²) in [4.78, 5) is 17.3. The van der Waals surface area contributed by atoms with Crippen molar-refractivity contribution in [3.05, 3.63) is 182 Å². The lowest BCUT2D eigenvalue weighted by Crippen LogP contribution is -2.16. The molecule has 0 unspecified atom stereocenters. The molecule has 0 radical (unpaired) electrons. The molecular weight excluding hydrogens is 701 g/mol. The third kappa shape index (κ3) is 4.68. The van der Waals surface area contributed by atoms with Crippen molar-refractivity contribution in [3.63, 3.8) is 0 Å². The normalized spacial score (nSPS) is 13.5. The number of hydrogen-bond donors (Lipinski definition) is 0. The fourth-order valence-corrected chi connectivity index (χ4v) is 9.60. The van der Waals surface area contributed by atoms with E-state index in [-0.39, 0.29) is 23.5 Å². The first-order chi connectivity index (χ1) is 29.8. The minimum Gasteiger partial charge on any atom is -0.308 e. The zero-order valence-corrected chi connectivity index (χ0v) is 30.4. The molecule has 4 nitrogen and oxygen atoms in total. The molecule has 0 aliphatic carbocycles. The fraction of sp³-hybridized carbons (Fsp3) is 0. The molecule has 56 heavy (non-hydrogen) atoms. The van der Waals surface area contributed by atoms with Crippen molar-refractivity contribution in [1.29, 1.82) is 0 Å². The SMILES string of the molecule is [2H]c1c([2H])c([2H])c(-c2nc(-c3ccc4c(c3)sc3ccccc34)nc(-c3ccc(N4c5c(ccc6ccccc56)-c5cccc6cccc4c56)c4ccccc34)n2)c([2H])c1[2H]. The van der Waals surface area contributed by atoms with Gasteiger partial charge in [-0.1, -0.05) is 152 Å². The molecule has 260 valence electrons. The van der Waals surface area contributed by atoms with Crippen molar-refractivity contribution in [3.8, 4) is 45.3 Å². The maximum atomic E-state index is 8.90. The van der Waals surface area contributed by atoms with Crippen LogP contribution in [0.4, 0.5) is 17.1 Å². The van der Waals surface area contributed by atoms with E-state index in [1.807, 2.05) is 36.4 Å². The molecule has 1 aliphatic heterocycles. The first kappa shape index (κ1) is 26.5. The van der Waals surface area contributed by atoms with Crippen LogP contribution in [0, 0.1) is 0 Å². The monoisotopic (exact) mass is 735 g/mol. The van der Waals surface area contributed by atoms with Gasteiger partial charge in [-0.2, -0.15) is 0 Å². The van der Waals surface area contributed by atoms with Gasteiger partial charge in [0.15, 0.2) is 17.5 Å². The molecule has 0 saturated heterocycles. The summed E-state index contributed by atoms with van der Waals surface area (Å²) in [7, 11) is 0. The molecule has 2 aromatic heterocycles. The predicted molar refractivity (Wildman–Crippen MR) is 235 cm³/mol. The summed E-state index contributed by atoms with van der Waals surface area (Å²) in [6.07, 6.45) is 0. The molecule has 12 rings (SSSR count). The third-order valence-electron chi connectivity index (χ3n) is 10.9. The number of nitrogens with zero attached hydrogens (tertiary/aromatic N) is 4. The molecule has 0 bridgehead atoms. The summed E-state index contributed by atoms with van der Waals surface area (Å²) >= 11 is 1.68. The Bertz CT molecular complexity index is 3660. The van der Waals surface area contributed by atoms with E-state index in [4.69, 9.17) is 21.8 Å². The summed E-state index contributed by atoms with van der Waals surface area (Å²) < 4.78 is 45.3. The molecular formula is C51H30N4S. The highest BCUT2D eigenvalue weighted by Crippen LogP contribution is 2.54. The van der Waals surface area contributed by atoms with Gasteiger partial charge in [0.1, 0.15) is 0 Å². The van der Waals surface area contributed by atoms with Gasteiger partial charge in [0.25, 0.3) is 0 Å². The van der Waals surface area contributed by atoms with E-state index in [1.165, 1.54) is 21.0 Å². The number of rotatable bonds is 4. The smallest absolute Gasteiger partial charge is 0.164 e. The van der Waals surface area contributed by atoms with Crippen LogP contribution < -0.4 is 4.90 Å². The molecule has 0 fully saturated rings. The Labute approximate surface area is 333 Å². The second-order valence-electron chi connectivity index (χ2n) is 14.0. The van der Waals surface area contributed by atoms with Crippen LogP contribution in [0.2, 0.25) is 0 Å². The molecule has 11 aromatic rings. The Morgan fingerprint density at radius 3 is 1.98 bits per heavy atom. The van der Waals surface area contributed by atoms with Gasteiger partial charge in [-0.25, -0.2) is 15.0 Å². The van der Waals surface area contributed by atoms with Gasteiger partial charge in [-0.15, -0.1) is 11.3 Å². The van der Waals surface area contributed by atoms with E-state index >= 15 is 0 Å². The average molecular weight is 736 g/mol. The van der Waals surface area contributed by atoms with Crippen LogP contribution in [-0.2, 0) is 0 Å². The number of aromatic nitrogens is 3. The van der Waals surface area contributed by atoms with E-state index in [9.17, 15) is 0 Å². The first-order valence-corrected chi connectivity index (χ1v) is 19.3. The molecule has 3 heterocycles. The van der Waals surface area contributed by atoms with Gasteiger partial charge < -0.3 is 4.90 Å². The highest BCUT2D eigenvalue weighted by Gasteiger charge is 2.29. The van der Waals surface area contributed by atoms with Crippen LogP contribution in [-0.4, -0.2) is 15.0 Å². The van der Waals surface area contributed by atoms with E-state index in [2.05, 4.69) is 120 Å². The maximum Gasteiger partial charge on any atom is 0.164 e. The predicted octanol–water partition coefficient (Wildman–Crippen LogP) is 14.2. The molecule has 5 heteroatoms. The number of fused-ring (bicyclic) bond motifs is 8. The largest absolute Gasteiger partial charge is 0.308 e. The summed E-state index contributed by atoms with van der Waals surface area (Å²) in [5.74, 6) is 0.656. The Kier molecular flexibility index (Phi) is 5.76. The Hall–Kier alpha value is -7.21. The lowest BCUT2D eigenvalue weighted by atomic mass is 9.88. The second-order valence-corrected chi connectivity index (χ2v) is 15.1. The van der Waals surface area contributed by atoms with Crippen LogP contribution in [0.25, 0.3) is 97.8 Å². The van der Waals surface area contributed by atoms with E-state index < -0.39 is 18.1 Å².